The summed E-state index contributed by atoms with van der Waals surface area (Å²) in [4.78, 5) is 26.1. The number of carbonyl (C=O) groups excluding carboxylic acids is 2. The molecule has 0 radical (unpaired) electrons. The van der Waals surface area contributed by atoms with E-state index in [1.54, 1.807) is 36.4 Å². The lowest BCUT2D eigenvalue weighted by molar-refractivity contribution is 0.0679. The van der Waals surface area contributed by atoms with Gasteiger partial charge in [-0.3, -0.25) is 0 Å². The van der Waals surface area contributed by atoms with Gasteiger partial charge in [-0.05, 0) is 73.4 Å². The second-order valence-corrected chi connectivity index (χ2v) is 9.51. The van der Waals surface area contributed by atoms with Crippen molar-refractivity contribution >= 4 is 11.9 Å². The minimum Gasteiger partial charge on any atom is -0.419 e. The molecule has 4 nitrogen and oxygen atoms in total. The van der Waals surface area contributed by atoms with Crippen molar-refractivity contribution in [2.24, 2.45) is 5.92 Å². The third kappa shape index (κ3) is 5.39. The van der Waals surface area contributed by atoms with E-state index in [0.717, 1.165) is 30.4 Å². The molecule has 0 aliphatic heterocycles. The Morgan fingerprint density at radius 2 is 1.32 bits per heavy atom. The minimum atomic E-state index is -0.468. The van der Waals surface area contributed by atoms with Crippen molar-refractivity contribution in [3.63, 3.8) is 0 Å². The Balaban J connectivity index is 1.82. The Hall–Kier alpha value is -3.40. The van der Waals surface area contributed by atoms with Gasteiger partial charge in [0.1, 0.15) is 0 Å². The first-order valence-corrected chi connectivity index (χ1v) is 12.1. The van der Waals surface area contributed by atoms with E-state index in [1.807, 2.05) is 31.2 Å². The third-order valence-corrected chi connectivity index (χ3v) is 6.37. The first-order chi connectivity index (χ1) is 16.4. The van der Waals surface area contributed by atoms with Crippen LogP contribution in [0.25, 0.3) is 0 Å². The number of hydrogen-bond donors (Lipinski definition) is 0. The molecule has 0 spiro atoms. The van der Waals surface area contributed by atoms with Gasteiger partial charge in [0.2, 0.25) is 0 Å². The van der Waals surface area contributed by atoms with Gasteiger partial charge in [0.05, 0.1) is 11.1 Å². The van der Waals surface area contributed by atoms with Crippen molar-refractivity contribution in [2.75, 3.05) is 0 Å². The molecule has 4 heteroatoms. The Morgan fingerprint density at radius 1 is 0.824 bits per heavy atom. The second kappa shape index (κ2) is 10.7. The Bertz CT molecular complexity index is 1140. The molecule has 1 aliphatic rings. The molecular weight excluding hydrogens is 424 g/mol. The SMILES string of the molecule is Cc1cc(C2CCCC2)c(CC(C)C)c(OC(=O)c2ccccc2)c1OC(=O)c1ccccc1. The highest BCUT2D eigenvalue weighted by molar-refractivity contribution is 5.93. The molecule has 1 saturated carbocycles. The standard InChI is InChI=1S/C30H32O4/c1-20(2)18-26-25(22-12-10-11-13-22)19-21(3)27(33-29(31)23-14-6-4-7-15-23)28(26)34-30(32)24-16-8-5-9-17-24/h4-9,14-17,19-20,22H,10-13,18H2,1-3H3. The third-order valence-electron chi connectivity index (χ3n) is 6.37. The maximum Gasteiger partial charge on any atom is 0.343 e. The number of hydrogen-bond acceptors (Lipinski definition) is 4. The van der Waals surface area contributed by atoms with Crippen LogP contribution in [0.15, 0.2) is 66.7 Å². The van der Waals surface area contributed by atoms with Gasteiger partial charge in [-0.25, -0.2) is 9.59 Å². The summed E-state index contributed by atoms with van der Waals surface area (Å²) < 4.78 is 12.0. The van der Waals surface area contributed by atoms with Gasteiger partial charge in [-0.15, -0.1) is 0 Å². The van der Waals surface area contributed by atoms with E-state index in [-0.39, 0.29) is 0 Å². The van der Waals surface area contributed by atoms with Crippen LogP contribution in [0.2, 0.25) is 0 Å². The van der Waals surface area contributed by atoms with Crippen LogP contribution < -0.4 is 9.47 Å². The number of aryl methyl sites for hydroxylation is 1. The fourth-order valence-corrected chi connectivity index (χ4v) is 4.74. The summed E-state index contributed by atoms with van der Waals surface area (Å²) in [6.45, 7) is 6.22. The van der Waals surface area contributed by atoms with Crippen molar-refractivity contribution in [2.45, 2.75) is 58.8 Å². The molecule has 34 heavy (non-hydrogen) atoms. The van der Waals surface area contributed by atoms with E-state index in [2.05, 4.69) is 19.9 Å². The van der Waals surface area contributed by atoms with E-state index in [0.29, 0.717) is 34.5 Å². The summed E-state index contributed by atoms with van der Waals surface area (Å²) >= 11 is 0. The molecule has 1 aliphatic carbocycles. The van der Waals surface area contributed by atoms with Gasteiger partial charge in [-0.2, -0.15) is 0 Å². The predicted molar refractivity (Wildman–Crippen MR) is 134 cm³/mol. The van der Waals surface area contributed by atoms with Crippen LogP contribution in [0.1, 0.15) is 82.9 Å². The molecule has 0 atom stereocenters. The van der Waals surface area contributed by atoms with Crippen LogP contribution in [0, 0.1) is 12.8 Å². The van der Waals surface area contributed by atoms with Crippen LogP contribution >= 0.6 is 0 Å². The van der Waals surface area contributed by atoms with Crippen LogP contribution in [0.3, 0.4) is 0 Å². The molecule has 3 aromatic rings. The summed E-state index contributed by atoms with van der Waals surface area (Å²) in [5, 5.41) is 0. The Labute approximate surface area is 201 Å². The summed E-state index contributed by atoms with van der Waals surface area (Å²) in [7, 11) is 0. The number of carbonyl (C=O) groups is 2. The van der Waals surface area contributed by atoms with Gasteiger partial charge < -0.3 is 9.47 Å². The van der Waals surface area contributed by atoms with E-state index < -0.39 is 11.9 Å². The zero-order valence-corrected chi connectivity index (χ0v) is 20.2. The molecule has 1 fully saturated rings. The number of rotatable bonds is 7. The summed E-state index contributed by atoms with van der Waals surface area (Å²) in [5.74, 6) is 0.565. The van der Waals surface area contributed by atoms with Gasteiger partial charge in [0, 0.05) is 5.56 Å². The normalized spacial score (nSPS) is 13.8. The zero-order chi connectivity index (χ0) is 24.1. The first kappa shape index (κ1) is 23.7. The fourth-order valence-electron chi connectivity index (χ4n) is 4.74. The van der Waals surface area contributed by atoms with E-state index in [1.165, 1.54) is 18.4 Å². The molecule has 4 rings (SSSR count). The quantitative estimate of drug-likeness (QED) is 0.277. The fraction of sp³-hybridized carbons (Fsp3) is 0.333. The number of esters is 2. The largest absolute Gasteiger partial charge is 0.419 e. The summed E-state index contributed by atoms with van der Waals surface area (Å²) in [5.41, 5.74) is 3.91. The summed E-state index contributed by atoms with van der Waals surface area (Å²) in [6.07, 6.45) is 5.39. The van der Waals surface area contributed by atoms with Crippen molar-refractivity contribution in [1.82, 2.24) is 0 Å². The molecular formula is C30H32O4. The van der Waals surface area contributed by atoms with Crippen molar-refractivity contribution in [1.29, 1.82) is 0 Å². The lowest BCUT2D eigenvalue weighted by Gasteiger charge is -2.24. The highest BCUT2D eigenvalue weighted by Crippen LogP contribution is 2.45. The van der Waals surface area contributed by atoms with E-state index in [9.17, 15) is 9.59 Å². The first-order valence-electron chi connectivity index (χ1n) is 12.1. The molecule has 0 heterocycles. The number of ether oxygens (including phenoxy) is 2. The highest BCUT2D eigenvalue weighted by atomic mass is 16.6. The lowest BCUT2D eigenvalue weighted by Crippen LogP contribution is -2.17. The molecule has 0 N–H and O–H groups in total. The maximum absolute atomic E-state index is 13.1. The Kier molecular flexibility index (Phi) is 7.46. The van der Waals surface area contributed by atoms with Gasteiger partial charge in [0.25, 0.3) is 0 Å². The Morgan fingerprint density at radius 3 is 1.82 bits per heavy atom. The topological polar surface area (TPSA) is 52.6 Å². The number of benzene rings is 3. The highest BCUT2D eigenvalue weighted by Gasteiger charge is 2.29. The predicted octanol–water partition coefficient (Wildman–Crippen LogP) is 7.29. The van der Waals surface area contributed by atoms with Gasteiger partial charge >= 0.3 is 11.9 Å². The average Bonchev–Trinajstić information content (AvgIpc) is 3.38. The lowest BCUT2D eigenvalue weighted by atomic mass is 9.86. The smallest absolute Gasteiger partial charge is 0.343 e. The minimum absolute atomic E-state index is 0.329. The van der Waals surface area contributed by atoms with Crippen molar-refractivity contribution in [3.05, 3.63) is 94.5 Å². The van der Waals surface area contributed by atoms with E-state index in [4.69, 9.17) is 9.47 Å². The summed E-state index contributed by atoms with van der Waals surface area (Å²) in [6, 6.07) is 20.0. The average molecular weight is 457 g/mol. The van der Waals surface area contributed by atoms with Crippen molar-refractivity contribution < 1.29 is 19.1 Å². The van der Waals surface area contributed by atoms with Gasteiger partial charge in [-0.1, -0.05) is 69.2 Å². The molecule has 0 aromatic heterocycles. The molecule has 0 unspecified atom stereocenters. The molecule has 0 bridgehead atoms. The maximum atomic E-state index is 13.1. The van der Waals surface area contributed by atoms with Crippen molar-refractivity contribution in [3.8, 4) is 11.5 Å². The second-order valence-electron chi connectivity index (χ2n) is 9.51. The van der Waals surface area contributed by atoms with Crippen LogP contribution in [0.5, 0.6) is 11.5 Å². The molecule has 0 amide bonds. The van der Waals surface area contributed by atoms with Crippen LogP contribution in [-0.2, 0) is 6.42 Å². The monoisotopic (exact) mass is 456 g/mol. The zero-order valence-electron chi connectivity index (χ0n) is 20.2. The molecule has 0 saturated heterocycles. The molecule has 3 aromatic carbocycles. The van der Waals surface area contributed by atoms with Gasteiger partial charge in [0.15, 0.2) is 11.5 Å². The van der Waals surface area contributed by atoms with Crippen LogP contribution in [0.4, 0.5) is 0 Å². The molecule has 176 valence electrons. The van der Waals surface area contributed by atoms with E-state index >= 15 is 0 Å². The van der Waals surface area contributed by atoms with Crippen LogP contribution in [-0.4, -0.2) is 11.9 Å².